The number of primary amides is 1. The number of carboxylic acid groups (broad SMARTS) is 1. The summed E-state index contributed by atoms with van der Waals surface area (Å²) in [5.41, 5.74) is 6.38. The maximum Gasteiger partial charge on any atom is 0.345 e. The second-order valence-electron chi connectivity index (χ2n) is 4.65. The van der Waals surface area contributed by atoms with Gasteiger partial charge in [0.05, 0.1) is 10.9 Å². The van der Waals surface area contributed by atoms with Crippen molar-refractivity contribution in [2.75, 3.05) is 0 Å². The molecule has 7 heteroatoms. The van der Waals surface area contributed by atoms with Gasteiger partial charge in [-0.05, 0) is 36.8 Å². The fourth-order valence-electron chi connectivity index (χ4n) is 1.86. The van der Waals surface area contributed by atoms with E-state index < -0.39 is 11.9 Å². The van der Waals surface area contributed by atoms with Gasteiger partial charge in [-0.15, -0.1) is 11.3 Å². The first-order chi connectivity index (χ1) is 10.4. The minimum absolute atomic E-state index is 0.114. The number of carboxylic acids is 1. The molecule has 1 heterocycles. The molecule has 2 amide bonds. The lowest BCUT2D eigenvalue weighted by molar-refractivity contribution is 0.0701. The molecule has 22 heavy (non-hydrogen) atoms. The number of benzene rings is 1. The molecule has 0 spiro atoms. The first kappa shape index (κ1) is 15.7. The predicted octanol–water partition coefficient (Wildman–Crippen LogP) is 2.04. The predicted molar refractivity (Wildman–Crippen MR) is 82.1 cm³/mol. The highest BCUT2D eigenvalue weighted by molar-refractivity contribution is 7.15. The third-order valence-corrected chi connectivity index (χ3v) is 4.16. The smallest absolute Gasteiger partial charge is 0.345 e. The molecular weight excluding hydrogens is 304 g/mol. The van der Waals surface area contributed by atoms with Gasteiger partial charge in [0, 0.05) is 5.56 Å². The molecule has 1 aromatic heterocycles. The first-order valence-corrected chi connectivity index (χ1v) is 7.24. The molecule has 0 aliphatic heterocycles. The lowest BCUT2D eigenvalue weighted by Crippen LogP contribution is -2.26. The Hall–Kier alpha value is -2.67. The zero-order chi connectivity index (χ0) is 16.3. The summed E-state index contributed by atoms with van der Waals surface area (Å²) in [6.07, 6.45) is 0. The lowest BCUT2D eigenvalue weighted by atomic mass is 10.1. The highest BCUT2D eigenvalue weighted by Gasteiger charge is 2.15. The molecule has 1 atom stereocenters. The largest absolute Gasteiger partial charge is 0.477 e. The van der Waals surface area contributed by atoms with Crippen LogP contribution >= 0.6 is 11.3 Å². The SMILES string of the molecule is C[C@H](NC(=O)c1ccc(C(=O)O)s1)c1ccc(C(N)=O)cc1. The van der Waals surface area contributed by atoms with Crippen LogP contribution in [-0.2, 0) is 0 Å². The highest BCUT2D eigenvalue weighted by Crippen LogP contribution is 2.19. The van der Waals surface area contributed by atoms with Gasteiger partial charge in [0.1, 0.15) is 4.88 Å². The number of nitrogens with one attached hydrogen (secondary N) is 1. The Balaban J connectivity index is 2.06. The van der Waals surface area contributed by atoms with Crippen LogP contribution in [0.3, 0.4) is 0 Å². The molecule has 1 aromatic carbocycles. The number of hydrogen-bond acceptors (Lipinski definition) is 4. The van der Waals surface area contributed by atoms with Gasteiger partial charge in [0.15, 0.2) is 0 Å². The van der Waals surface area contributed by atoms with E-state index in [0.29, 0.717) is 10.4 Å². The number of hydrogen-bond donors (Lipinski definition) is 3. The fraction of sp³-hybridized carbons (Fsp3) is 0.133. The summed E-state index contributed by atoms with van der Waals surface area (Å²) in [7, 11) is 0. The van der Waals surface area contributed by atoms with E-state index in [1.54, 1.807) is 31.2 Å². The third-order valence-electron chi connectivity index (χ3n) is 3.08. The number of thiophene rings is 1. The Bertz CT molecular complexity index is 721. The van der Waals surface area contributed by atoms with Gasteiger partial charge in [-0.2, -0.15) is 0 Å². The minimum atomic E-state index is -1.06. The molecule has 0 fully saturated rings. The van der Waals surface area contributed by atoms with Gasteiger partial charge in [-0.3, -0.25) is 9.59 Å². The Morgan fingerprint density at radius 2 is 1.68 bits per heavy atom. The molecule has 114 valence electrons. The van der Waals surface area contributed by atoms with Crippen molar-refractivity contribution in [2.24, 2.45) is 5.73 Å². The molecule has 0 unspecified atom stereocenters. The van der Waals surface area contributed by atoms with Crippen molar-refractivity contribution in [3.8, 4) is 0 Å². The van der Waals surface area contributed by atoms with Crippen LogP contribution in [0.4, 0.5) is 0 Å². The second-order valence-corrected chi connectivity index (χ2v) is 5.73. The molecule has 0 aliphatic rings. The van der Waals surface area contributed by atoms with Gasteiger partial charge in [0.25, 0.3) is 5.91 Å². The number of carbonyl (C=O) groups is 3. The van der Waals surface area contributed by atoms with E-state index in [4.69, 9.17) is 10.8 Å². The van der Waals surface area contributed by atoms with E-state index >= 15 is 0 Å². The van der Waals surface area contributed by atoms with E-state index in [-0.39, 0.29) is 16.8 Å². The number of nitrogens with two attached hydrogens (primary N) is 1. The number of aromatic carboxylic acids is 1. The molecular formula is C15H14N2O4S. The summed E-state index contributed by atoms with van der Waals surface area (Å²) in [5.74, 6) is -1.91. The molecule has 0 saturated heterocycles. The van der Waals surface area contributed by atoms with Crippen molar-refractivity contribution in [1.29, 1.82) is 0 Å². The topological polar surface area (TPSA) is 109 Å². The summed E-state index contributed by atoms with van der Waals surface area (Å²) in [4.78, 5) is 34.3. The van der Waals surface area contributed by atoms with E-state index in [1.165, 1.54) is 12.1 Å². The zero-order valence-corrected chi connectivity index (χ0v) is 12.5. The van der Waals surface area contributed by atoms with Gasteiger partial charge in [0.2, 0.25) is 5.91 Å². The lowest BCUT2D eigenvalue weighted by Gasteiger charge is -2.14. The van der Waals surface area contributed by atoms with E-state index in [9.17, 15) is 14.4 Å². The number of rotatable bonds is 5. The molecule has 2 rings (SSSR count). The molecule has 0 bridgehead atoms. The Kier molecular flexibility index (Phi) is 4.57. The number of carbonyl (C=O) groups excluding carboxylic acids is 2. The molecule has 0 radical (unpaired) electrons. The Morgan fingerprint density at radius 3 is 2.18 bits per heavy atom. The second kappa shape index (κ2) is 6.40. The van der Waals surface area contributed by atoms with Crippen LogP contribution in [0.1, 0.15) is 48.2 Å². The Morgan fingerprint density at radius 1 is 1.09 bits per heavy atom. The normalized spacial score (nSPS) is 11.7. The van der Waals surface area contributed by atoms with Crippen molar-refractivity contribution in [2.45, 2.75) is 13.0 Å². The first-order valence-electron chi connectivity index (χ1n) is 6.42. The van der Waals surface area contributed by atoms with Crippen molar-refractivity contribution < 1.29 is 19.5 Å². The van der Waals surface area contributed by atoms with Crippen LogP contribution in [0.15, 0.2) is 36.4 Å². The molecule has 2 aromatic rings. The van der Waals surface area contributed by atoms with Gasteiger partial charge >= 0.3 is 5.97 Å². The maximum absolute atomic E-state index is 12.1. The van der Waals surface area contributed by atoms with E-state index in [1.807, 2.05) is 0 Å². The van der Waals surface area contributed by atoms with Crippen molar-refractivity contribution >= 4 is 29.1 Å². The summed E-state index contributed by atoms with van der Waals surface area (Å²) >= 11 is 0.920. The summed E-state index contributed by atoms with van der Waals surface area (Å²) in [6.45, 7) is 1.79. The van der Waals surface area contributed by atoms with Crippen LogP contribution in [0.25, 0.3) is 0 Å². The Labute approximate surface area is 130 Å². The summed E-state index contributed by atoms with van der Waals surface area (Å²) in [5, 5.41) is 11.6. The van der Waals surface area contributed by atoms with Crippen LogP contribution in [0.2, 0.25) is 0 Å². The van der Waals surface area contributed by atoms with Crippen LogP contribution in [-0.4, -0.2) is 22.9 Å². The molecule has 0 aliphatic carbocycles. The van der Waals surface area contributed by atoms with Gasteiger partial charge in [-0.25, -0.2) is 4.79 Å². The highest BCUT2D eigenvalue weighted by atomic mass is 32.1. The number of amides is 2. The van der Waals surface area contributed by atoms with Crippen molar-refractivity contribution in [3.05, 3.63) is 57.3 Å². The van der Waals surface area contributed by atoms with E-state index in [0.717, 1.165) is 16.9 Å². The quantitative estimate of drug-likeness (QED) is 0.783. The minimum Gasteiger partial charge on any atom is -0.477 e. The zero-order valence-electron chi connectivity index (χ0n) is 11.7. The van der Waals surface area contributed by atoms with E-state index in [2.05, 4.69) is 5.32 Å². The molecule has 4 N–H and O–H groups in total. The molecule has 6 nitrogen and oxygen atoms in total. The van der Waals surface area contributed by atoms with Crippen molar-refractivity contribution in [3.63, 3.8) is 0 Å². The van der Waals surface area contributed by atoms with Gasteiger partial charge < -0.3 is 16.2 Å². The van der Waals surface area contributed by atoms with Crippen LogP contribution in [0.5, 0.6) is 0 Å². The summed E-state index contributed by atoms with van der Waals surface area (Å²) in [6, 6.07) is 9.19. The van der Waals surface area contributed by atoms with Crippen molar-refractivity contribution in [1.82, 2.24) is 5.32 Å². The fourth-order valence-corrected chi connectivity index (χ4v) is 2.61. The maximum atomic E-state index is 12.1. The van der Waals surface area contributed by atoms with Gasteiger partial charge in [-0.1, -0.05) is 12.1 Å². The average molecular weight is 318 g/mol. The molecule has 0 saturated carbocycles. The summed E-state index contributed by atoms with van der Waals surface area (Å²) < 4.78 is 0. The van der Waals surface area contributed by atoms with Crippen LogP contribution in [0, 0.1) is 0 Å². The monoisotopic (exact) mass is 318 g/mol. The standard InChI is InChI=1S/C15H14N2O4S/c1-8(9-2-4-10(5-3-9)13(16)18)17-14(19)11-6-7-12(22-11)15(20)21/h2-8H,1H3,(H2,16,18)(H,17,19)(H,20,21)/t8-/m0/s1. The average Bonchev–Trinajstić information content (AvgIpc) is 2.97. The van der Waals surface area contributed by atoms with Crippen LogP contribution < -0.4 is 11.1 Å². The third kappa shape index (κ3) is 3.50.